The van der Waals surface area contributed by atoms with Crippen LogP contribution in [-0.4, -0.2) is 25.5 Å². The van der Waals surface area contributed by atoms with E-state index in [4.69, 9.17) is 14.2 Å². The molecule has 0 aromatic heterocycles. The van der Waals surface area contributed by atoms with Gasteiger partial charge in [0, 0.05) is 5.66 Å². The molecular formula is C20H33O4P. The average molecular weight is 368 g/mol. The molecule has 4 nitrogen and oxygen atoms in total. The van der Waals surface area contributed by atoms with Crippen LogP contribution in [0.4, 0.5) is 0 Å². The molecule has 0 bridgehead atoms. The Kier molecular flexibility index (Phi) is 9.45. The van der Waals surface area contributed by atoms with E-state index in [2.05, 4.69) is 43.9 Å². The van der Waals surface area contributed by atoms with Crippen molar-refractivity contribution in [2.45, 2.75) is 65.6 Å². The number of hydrogen-bond donors (Lipinski definition) is 0. The second-order valence-corrected chi connectivity index (χ2v) is 7.99. The summed E-state index contributed by atoms with van der Waals surface area (Å²) < 4.78 is 16.1. The highest BCUT2D eigenvalue weighted by Crippen LogP contribution is 2.40. The fourth-order valence-electron chi connectivity index (χ4n) is 2.38. The number of carbonyl (C=O) groups excluding carboxylic acids is 1. The van der Waals surface area contributed by atoms with Crippen LogP contribution in [0.2, 0.25) is 0 Å². The molecule has 0 aliphatic carbocycles. The first kappa shape index (κ1) is 21.9. The minimum Gasteiger partial charge on any atom is -0.482 e. The molecule has 3 atom stereocenters. The van der Waals surface area contributed by atoms with E-state index in [0.29, 0.717) is 11.4 Å². The van der Waals surface area contributed by atoms with Gasteiger partial charge in [0.15, 0.2) is 13.4 Å². The van der Waals surface area contributed by atoms with E-state index in [1.54, 1.807) is 0 Å². The molecule has 0 radical (unpaired) electrons. The van der Waals surface area contributed by atoms with Crippen molar-refractivity contribution in [3.63, 3.8) is 0 Å². The first-order valence-electron chi connectivity index (χ1n) is 9.03. The maximum absolute atomic E-state index is 11.7. The first-order valence-corrected chi connectivity index (χ1v) is 9.70. The van der Waals surface area contributed by atoms with Gasteiger partial charge in [-0.3, -0.25) is 0 Å². The Bertz CT molecular complexity index is 507. The Morgan fingerprint density at radius 1 is 1.16 bits per heavy atom. The van der Waals surface area contributed by atoms with Crippen molar-refractivity contribution in [3.05, 3.63) is 29.8 Å². The first-order chi connectivity index (χ1) is 11.8. The average Bonchev–Trinajstić information content (AvgIpc) is 2.58. The number of esters is 1. The van der Waals surface area contributed by atoms with Gasteiger partial charge in [-0.2, -0.15) is 0 Å². The van der Waals surface area contributed by atoms with Gasteiger partial charge < -0.3 is 14.2 Å². The van der Waals surface area contributed by atoms with E-state index in [0.717, 1.165) is 19.3 Å². The van der Waals surface area contributed by atoms with Crippen molar-refractivity contribution in [1.29, 1.82) is 0 Å². The van der Waals surface area contributed by atoms with E-state index < -0.39 is 5.97 Å². The highest BCUT2D eigenvalue weighted by atomic mass is 31.0. The third-order valence-electron chi connectivity index (χ3n) is 4.12. The van der Waals surface area contributed by atoms with Crippen molar-refractivity contribution < 1.29 is 19.0 Å². The van der Waals surface area contributed by atoms with Gasteiger partial charge in [-0.05, 0) is 36.0 Å². The van der Waals surface area contributed by atoms with Gasteiger partial charge >= 0.3 is 5.97 Å². The smallest absolute Gasteiger partial charge is 0.346 e. The van der Waals surface area contributed by atoms with E-state index >= 15 is 0 Å². The fourth-order valence-corrected chi connectivity index (χ4v) is 2.60. The lowest BCUT2D eigenvalue weighted by atomic mass is 9.87. The summed E-state index contributed by atoms with van der Waals surface area (Å²) in [6.45, 7) is 10.7. The zero-order valence-corrected chi connectivity index (χ0v) is 17.4. The highest BCUT2D eigenvalue weighted by Gasteiger charge is 2.21. The maximum atomic E-state index is 11.7. The predicted octanol–water partition coefficient (Wildman–Crippen LogP) is 5.12. The number of benzene rings is 1. The monoisotopic (exact) mass is 368 g/mol. The summed E-state index contributed by atoms with van der Waals surface area (Å²) in [6, 6.07) is 7.83. The van der Waals surface area contributed by atoms with Crippen LogP contribution in [0.5, 0.6) is 5.75 Å². The molecule has 5 heteroatoms. The molecule has 1 rings (SSSR count). The summed E-state index contributed by atoms with van der Waals surface area (Å²) in [5.41, 5.74) is 1.76. The number of hydrogen-bond acceptors (Lipinski definition) is 4. The third kappa shape index (κ3) is 8.20. The molecule has 0 heterocycles. The molecule has 0 aliphatic heterocycles. The minimum atomic E-state index is -0.422. The lowest BCUT2D eigenvalue weighted by molar-refractivity contribution is -0.163. The van der Waals surface area contributed by atoms with Gasteiger partial charge in [0.05, 0.1) is 6.10 Å². The number of rotatable bonds is 10. The van der Waals surface area contributed by atoms with E-state index in [-0.39, 0.29) is 24.9 Å². The second kappa shape index (κ2) is 10.8. The third-order valence-corrected chi connectivity index (χ3v) is 5.50. The van der Waals surface area contributed by atoms with Crippen LogP contribution in [0.25, 0.3) is 0 Å². The number of carbonyl (C=O) groups is 1. The van der Waals surface area contributed by atoms with Crippen LogP contribution in [0.15, 0.2) is 24.3 Å². The highest BCUT2D eigenvalue weighted by molar-refractivity contribution is 7.17. The van der Waals surface area contributed by atoms with Crippen molar-refractivity contribution in [1.82, 2.24) is 0 Å². The molecule has 1 aromatic carbocycles. The second-order valence-electron chi connectivity index (χ2n) is 7.32. The van der Waals surface area contributed by atoms with Crippen LogP contribution < -0.4 is 4.74 Å². The van der Waals surface area contributed by atoms with Crippen LogP contribution in [0.3, 0.4) is 0 Å². The van der Waals surface area contributed by atoms with Crippen molar-refractivity contribution >= 4 is 15.2 Å². The Balaban J connectivity index is 2.36. The SMILES string of the molecule is CCCC(CC)OCOC(=O)COc1ccc(C(P)C(C)(C)C)cc1. The Labute approximate surface area is 154 Å². The quantitative estimate of drug-likeness (QED) is 0.326. The van der Waals surface area contributed by atoms with Crippen LogP contribution >= 0.6 is 9.24 Å². The van der Waals surface area contributed by atoms with E-state index in [9.17, 15) is 4.79 Å². The van der Waals surface area contributed by atoms with Crippen molar-refractivity contribution in [3.8, 4) is 5.75 Å². The molecule has 0 N–H and O–H groups in total. The lowest BCUT2D eigenvalue weighted by Crippen LogP contribution is -2.20. The van der Waals surface area contributed by atoms with Gasteiger partial charge in [0.25, 0.3) is 0 Å². The summed E-state index contributed by atoms with van der Waals surface area (Å²) in [7, 11) is 2.89. The predicted molar refractivity (Wildman–Crippen MR) is 105 cm³/mol. The standard InChI is InChI=1S/C20H33O4P/c1-6-8-16(7-2)23-14-24-18(21)13-22-17-11-9-15(10-12-17)19(25)20(3,4)5/h9-12,16,19H,6-8,13-14,25H2,1-5H3. The summed E-state index contributed by atoms with van der Waals surface area (Å²) in [5, 5.41) is 0. The zero-order valence-electron chi connectivity index (χ0n) is 16.2. The van der Waals surface area contributed by atoms with Crippen LogP contribution in [0, 0.1) is 5.41 Å². The molecule has 0 spiro atoms. The zero-order chi connectivity index (χ0) is 18.9. The van der Waals surface area contributed by atoms with E-state index in [1.807, 2.05) is 24.3 Å². The number of ether oxygens (including phenoxy) is 3. The Hall–Kier alpha value is -1.12. The molecule has 1 aromatic rings. The fraction of sp³-hybridized carbons (Fsp3) is 0.650. The molecule has 0 saturated heterocycles. The molecule has 3 unspecified atom stereocenters. The Morgan fingerprint density at radius 2 is 1.80 bits per heavy atom. The van der Waals surface area contributed by atoms with Crippen molar-refractivity contribution in [2.24, 2.45) is 5.41 Å². The van der Waals surface area contributed by atoms with Gasteiger partial charge in [-0.1, -0.05) is 53.2 Å². The molecule has 0 fully saturated rings. The summed E-state index contributed by atoms with van der Waals surface area (Å²) >= 11 is 0. The summed E-state index contributed by atoms with van der Waals surface area (Å²) in [5.74, 6) is 0.235. The van der Waals surface area contributed by atoms with Crippen LogP contribution in [-0.2, 0) is 14.3 Å². The van der Waals surface area contributed by atoms with E-state index in [1.165, 1.54) is 5.56 Å². The molecule has 0 saturated carbocycles. The topological polar surface area (TPSA) is 44.8 Å². The molecular weight excluding hydrogens is 335 g/mol. The largest absolute Gasteiger partial charge is 0.482 e. The van der Waals surface area contributed by atoms with Gasteiger partial charge in [0.1, 0.15) is 5.75 Å². The molecule has 0 amide bonds. The maximum Gasteiger partial charge on any atom is 0.346 e. The van der Waals surface area contributed by atoms with Gasteiger partial charge in [0.2, 0.25) is 0 Å². The van der Waals surface area contributed by atoms with Crippen LogP contribution in [0.1, 0.15) is 65.1 Å². The molecule has 142 valence electrons. The van der Waals surface area contributed by atoms with Crippen molar-refractivity contribution in [2.75, 3.05) is 13.4 Å². The van der Waals surface area contributed by atoms with Gasteiger partial charge in [-0.15, -0.1) is 9.24 Å². The molecule has 0 aliphatic rings. The lowest BCUT2D eigenvalue weighted by Gasteiger charge is -2.27. The minimum absolute atomic E-state index is 0.0139. The summed E-state index contributed by atoms with van der Waals surface area (Å²) in [4.78, 5) is 11.7. The molecule has 25 heavy (non-hydrogen) atoms. The Morgan fingerprint density at radius 3 is 2.32 bits per heavy atom. The summed E-state index contributed by atoms with van der Waals surface area (Å²) in [6.07, 6.45) is 3.09. The normalized spacial score (nSPS) is 14.0. The van der Waals surface area contributed by atoms with Gasteiger partial charge in [-0.25, -0.2) is 4.79 Å².